The van der Waals surface area contributed by atoms with Gasteiger partial charge in [-0.2, -0.15) is 0 Å². The van der Waals surface area contributed by atoms with Gasteiger partial charge >= 0.3 is 0 Å². The lowest BCUT2D eigenvalue weighted by Crippen LogP contribution is -2.24. The highest BCUT2D eigenvalue weighted by molar-refractivity contribution is 5.98. The van der Waals surface area contributed by atoms with Gasteiger partial charge in [0.1, 0.15) is 17.5 Å². The summed E-state index contributed by atoms with van der Waals surface area (Å²) in [6.45, 7) is 19.1. The Bertz CT molecular complexity index is 2670. The predicted molar refractivity (Wildman–Crippen MR) is 233 cm³/mol. The number of nitrogens with zero attached hydrogens (tertiary/aromatic N) is 9. The number of aromatic nitrogens is 9. The fourth-order valence-corrected chi connectivity index (χ4v) is 6.47. The molecule has 0 saturated heterocycles. The highest BCUT2D eigenvalue weighted by Gasteiger charge is 2.26. The van der Waals surface area contributed by atoms with Crippen LogP contribution in [0.5, 0.6) is 0 Å². The summed E-state index contributed by atoms with van der Waals surface area (Å²) in [7, 11) is 0. The van der Waals surface area contributed by atoms with E-state index in [1.165, 1.54) is 0 Å². The van der Waals surface area contributed by atoms with Gasteiger partial charge in [-0.05, 0) is 22.9 Å². The van der Waals surface area contributed by atoms with E-state index in [2.05, 4.69) is 86.6 Å². The van der Waals surface area contributed by atoms with Gasteiger partial charge in [-0.25, -0.2) is 44.9 Å². The van der Waals surface area contributed by atoms with Crippen molar-refractivity contribution < 1.29 is 0 Å². The molecule has 0 aliphatic rings. The first-order valence-corrected chi connectivity index (χ1v) is 19.6. The summed E-state index contributed by atoms with van der Waals surface area (Å²) in [5.74, 6) is 5.77. The summed E-state index contributed by atoms with van der Waals surface area (Å²) in [6.07, 6.45) is 0. The number of hydrogen-bond donors (Lipinski definition) is 0. The van der Waals surface area contributed by atoms with Crippen molar-refractivity contribution in [3.05, 3.63) is 139 Å². The van der Waals surface area contributed by atoms with E-state index in [4.69, 9.17) is 44.9 Å². The van der Waals surface area contributed by atoms with Crippen molar-refractivity contribution in [1.82, 2.24) is 44.9 Å². The highest BCUT2D eigenvalue weighted by atomic mass is 15.1. The highest BCUT2D eigenvalue weighted by Crippen LogP contribution is 2.35. The average molecular weight is 762 g/mol. The second-order valence-corrected chi connectivity index (χ2v) is 17.7. The fraction of sp³-hybridized carbons (Fsp3) is 0.245. The van der Waals surface area contributed by atoms with Crippen LogP contribution in [0, 0.1) is 0 Å². The molecule has 3 heterocycles. The van der Waals surface area contributed by atoms with Gasteiger partial charge in [-0.3, -0.25) is 0 Å². The van der Waals surface area contributed by atoms with E-state index >= 15 is 0 Å². The molecule has 0 amide bonds. The third-order valence-corrected chi connectivity index (χ3v) is 9.74. The standard InChI is InChI=1S/C49H47N9/c1-47(2,3)44-54-40(32-24-26-33(27-25-32)41-55-45(48(4,5)6)58-46(56-41)49(7,8)9)53-43(57-44)37-29-35(28-34-22-16-17-23-36(34)37)42-51-38(30-18-12-10-13-19-30)50-39(52-42)31-20-14-11-15-21-31/h10-29H,1-9H3. The van der Waals surface area contributed by atoms with E-state index in [9.17, 15) is 0 Å². The van der Waals surface area contributed by atoms with Crippen LogP contribution in [0.3, 0.4) is 0 Å². The molecule has 0 spiro atoms. The largest absolute Gasteiger partial charge is 0.217 e. The molecule has 0 aliphatic carbocycles. The van der Waals surface area contributed by atoms with Crippen LogP contribution in [-0.2, 0) is 16.2 Å². The third kappa shape index (κ3) is 7.98. The zero-order valence-electron chi connectivity index (χ0n) is 34.6. The van der Waals surface area contributed by atoms with Crippen LogP contribution in [0.15, 0.2) is 121 Å². The number of hydrogen-bond acceptors (Lipinski definition) is 9. The van der Waals surface area contributed by atoms with Crippen LogP contribution in [0.4, 0.5) is 0 Å². The van der Waals surface area contributed by atoms with Crippen molar-refractivity contribution in [3.63, 3.8) is 0 Å². The molecule has 0 unspecified atom stereocenters. The summed E-state index contributed by atoms with van der Waals surface area (Å²) in [5.41, 5.74) is 4.43. The van der Waals surface area contributed by atoms with Gasteiger partial charge in [0, 0.05) is 49.6 Å². The lowest BCUT2D eigenvalue weighted by atomic mass is 9.93. The minimum Gasteiger partial charge on any atom is -0.217 e. The van der Waals surface area contributed by atoms with Crippen LogP contribution in [-0.4, -0.2) is 44.9 Å². The topological polar surface area (TPSA) is 116 Å². The smallest absolute Gasteiger partial charge is 0.164 e. The summed E-state index contributed by atoms with van der Waals surface area (Å²) in [4.78, 5) is 45.1. The first kappa shape index (κ1) is 38.3. The van der Waals surface area contributed by atoms with Gasteiger partial charge in [-0.15, -0.1) is 0 Å². The van der Waals surface area contributed by atoms with Gasteiger partial charge in [0.2, 0.25) is 0 Å². The maximum Gasteiger partial charge on any atom is 0.164 e. The van der Waals surface area contributed by atoms with E-state index in [1.807, 2.05) is 97.1 Å². The molecular weight excluding hydrogens is 715 g/mol. The SMILES string of the molecule is CC(C)(C)c1nc(-c2ccc(-c3nc(C(C)(C)C)nc(C(C)(C)C)n3)cc2)nc(-c2cc(-c3nc(-c4ccccc4)nc(-c4ccccc4)n3)cc3ccccc23)n1. The minimum absolute atomic E-state index is 0.234. The second-order valence-electron chi connectivity index (χ2n) is 17.7. The molecule has 9 heteroatoms. The molecule has 0 atom stereocenters. The van der Waals surface area contributed by atoms with Crippen LogP contribution in [0.2, 0.25) is 0 Å². The van der Waals surface area contributed by atoms with E-state index in [1.54, 1.807) is 0 Å². The maximum atomic E-state index is 5.18. The van der Waals surface area contributed by atoms with Crippen molar-refractivity contribution in [3.8, 4) is 68.3 Å². The minimum atomic E-state index is -0.360. The van der Waals surface area contributed by atoms with Gasteiger partial charge in [0.15, 0.2) is 34.9 Å². The van der Waals surface area contributed by atoms with Crippen LogP contribution >= 0.6 is 0 Å². The van der Waals surface area contributed by atoms with Crippen LogP contribution < -0.4 is 0 Å². The molecule has 0 radical (unpaired) electrons. The molecule has 0 aliphatic heterocycles. The lowest BCUT2D eigenvalue weighted by Gasteiger charge is -2.22. The lowest BCUT2D eigenvalue weighted by molar-refractivity contribution is 0.497. The number of rotatable bonds is 6. The maximum absolute atomic E-state index is 5.18. The quantitative estimate of drug-likeness (QED) is 0.163. The molecule has 0 fully saturated rings. The first-order valence-electron chi connectivity index (χ1n) is 19.6. The number of benzene rings is 5. The van der Waals surface area contributed by atoms with Crippen LogP contribution in [0.1, 0.15) is 79.8 Å². The zero-order valence-corrected chi connectivity index (χ0v) is 34.6. The molecule has 0 bridgehead atoms. The van der Waals surface area contributed by atoms with E-state index in [-0.39, 0.29) is 16.2 Å². The van der Waals surface area contributed by atoms with E-state index in [0.717, 1.165) is 55.8 Å². The molecule has 8 aromatic rings. The summed E-state index contributed by atoms with van der Waals surface area (Å²) in [6, 6.07) is 40.7. The first-order chi connectivity index (χ1) is 27.6. The van der Waals surface area contributed by atoms with Crippen LogP contribution in [0.25, 0.3) is 79.1 Å². The Morgan fingerprint density at radius 1 is 0.293 bits per heavy atom. The van der Waals surface area contributed by atoms with Gasteiger partial charge < -0.3 is 0 Å². The Morgan fingerprint density at radius 2 is 0.638 bits per heavy atom. The Balaban J connectivity index is 1.27. The van der Waals surface area contributed by atoms with Crippen molar-refractivity contribution in [2.75, 3.05) is 0 Å². The molecule has 288 valence electrons. The van der Waals surface area contributed by atoms with E-state index < -0.39 is 0 Å². The van der Waals surface area contributed by atoms with Crippen molar-refractivity contribution in [2.45, 2.75) is 78.6 Å². The van der Waals surface area contributed by atoms with Crippen molar-refractivity contribution in [1.29, 1.82) is 0 Å². The molecular formula is C49H47N9. The molecule has 58 heavy (non-hydrogen) atoms. The molecule has 8 rings (SSSR count). The van der Waals surface area contributed by atoms with Gasteiger partial charge in [-0.1, -0.05) is 172 Å². The summed E-state index contributed by atoms with van der Waals surface area (Å²) in [5, 5.41) is 2.03. The summed E-state index contributed by atoms with van der Waals surface area (Å²) >= 11 is 0. The van der Waals surface area contributed by atoms with Gasteiger partial charge in [0.05, 0.1) is 0 Å². The molecule has 9 nitrogen and oxygen atoms in total. The molecule has 5 aromatic carbocycles. The fourth-order valence-electron chi connectivity index (χ4n) is 6.47. The Morgan fingerprint density at radius 3 is 1.12 bits per heavy atom. The van der Waals surface area contributed by atoms with E-state index in [0.29, 0.717) is 40.8 Å². The molecule has 3 aromatic heterocycles. The normalized spacial score (nSPS) is 12.2. The zero-order chi connectivity index (χ0) is 40.8. The molecule has 0 saturated carbocycles. The predicted octanol–water partition coefficient (Wildman–Crippen LogP) is 11.3. The van der Waals surface area contributed by atoms with Crippen molar-refractivity contribution in [2.24, 2.45) is 0 Å². The molecule has 0 N–H and O–H groups in total. The average Bonchev–Trinajstić information content (AvgIpc) is 3.22. The second kappa shape index (κ2) is 14.7. The van der Waals surface area contributed by atoms with Gasteiger partial charge in [0.25, 0.3) is 0 Å². The Kier molecular flexibility index (Phi) is 9.71. The Labute approximate surface area is 340 Å². The van der Waals surface area contributed by atoms with Crippen molar-refractivity contribution >= 4 is 10.8 Å². The Hall–Kier alpha value is -6.61. The summed E-state index contributed by atoms with van der Waals surface area (Å²) < 4.78 is 0. The third-order valence-electron chi connectivity index (χ3n) is 9.74. The number of fused-ring (bicyclic) bond motifs is 1. The monoisotopic (exact) mass is 761 g/mol.